The van der Waals surface area contributed by atoms with Gasteiger partial charge in [-0.2, -0.15) is 0 Å². The van der Waals surface area contributed by atoms with Gasteiger partial charge in [0.15, 0.2) is 0 Å². The van der Waals surface area contributed by atoms with E-state index in [1.165, 1.54) is 42.1 Å². The molecule has 1 N–H and O–H groups in total. The molecule has 0 aliphatic heterocycles. The zero-order valence-corrected chi connectivity index (χ0v) is 12.5. The largest absolute Gasteiger partial charge is 0.325 e. The van der Waals surface area contributed by atoms with E-state index in [4.69, 9.17) is 11.6 Å². The maximum absolute atomic E-state index is 13.0. The monoisotopic (exact) mass is 327 g/mol. The first-order valence-electron chi connectivity index (χ1n) is 6.11. The number of carbonyl (C=O) groups excluding carboxylic acids is 1. The predicted octanol–water partition coefficient (Wildman–Crippen LogP) is 4.49. The Morgan fingerprint density at radius 3 is 2.71 bits per heavy atom. The molecular weight excluding hydrogens is 316 g/mol. The summed E-state index contributed by atoms with van der Waals surface area (Å²) in [5.74, 6) is -0.298. The number of thioether (sulfide) groups is 1. The highest BCUT2D eigenvalue weighted by Crippen LogP contribution is 2.20. The van der Waals surface area contributed by atoms with Crippen molar-refractivity contribution in [1.29, 1.82) is 0 Å². The van der Waals surface area contributed by atoms with E-state index < -0.39 is 5.82 Å². The Kier molecular flexibility index (Phi) is 5.59. The van der Waals surface area contributed by atoms with Crippen LogP contribution in [0, 0.1) is 11.6 Å². The van der Waals surface area contributed by atoms with E-state index in [1.807, 2.05) is 0 Å². The van der Waals surface area contributed by atoms with E-state index in [0.29, 0.717) is 11.4 Å². The molecule has 21 heavy (non-hydrogen) atoms. The fraction of sp³-hybridized carbons (Fsp3) is 0.133. The Morgan fingerprint density at radius 1 is 1.19 bits per heavy atom. The van der Waals surface area contributed by atoms with Crippen molar-refractivity contribution in [2.45, 2.75) is 5.75 Å². The SMILES string of the molecule is O=C(CSCc1cccc(F)c1)Nc1ccc(F)c(Cl)c1. The summed E-state index contributed by atoms with van der Waals surface area (Å²) in [7, 11) is 0. The summed E-state index contributed by atoms with van der Waals surface area (Å²) in [6.45, 7) is 0. The molecule has 0 atom stereocenters. The van der Waals surface area contributed by atoms with Crippen LogP contribution in [0.15, 0.2) is 42.5 Å². The lowest BCUT2D eigenvalue weighted by Gasteiger charge is -2.06. The minimum Gasteiger partial charge on any atom is -0.325 e. The molecule has 110 valence electrons. The fourth-order valence-electron chi connectivity index (χ4n) is 1.66. The molecule has 0 fully saturated rings. The molecule has 2 aromatic rings. The minimum absolute atomic E-state index is 0.0415. The van der Waals surface area contributed by atoms with Crippen LogP contribution in [0.3, 0.4) is 0 Å². The predicted molar refractivity (Wildman–Crippen MR) is 82.6 cm³/mol. The van der Waals surface area contributed by atoms with E-state index in [0.717, 1.165) is 5.56 Å². The highest BCUT2D eigenvalue weighted by Gasteiger charge is 2.06. The molecule has 0 aliphatic rings. The van der Waals surface area contributed by atoms with Crippen LogP contribution >= 0.6 is 23.4 Å². The number of amides is 1. The topological polar surface area (TPSA) is 29.1 Å². The summed E-state index contributed by atoms with van der Waals surface area (Å²) in [5, 5.41) is 2.58. The molecule has 2 rings (SSSR count). The molecular formula is C15H12ClF2NOS. The summed E-state index contributed by atoms with van der Waals surface area (Å²) >= 11 is 6.99. The van der Waals surface area contributed by atoms with Gasteiger partial charge in [-0.05, 0) is 35.9 Å². The third kappa shape index (κ3) is 5.02. The molecule has 0 saturated carbocycles. The Morgan fingerprint density at radius 2 is 2.00 bits per heavy atom. The van der Waals surface area contributed by atoms with Gasteiger partial charge in [0.25, 0.3) is 0 Å². The second kappa shape index (κ2) is 7.43. The average molecular weight is 328 g/mol. The first kappa shape index (κ1) is 15.8. The van der Waals surface area contributed by atoms with Crippen molar-refractivity contribution in [1.82, 2.24) is 0 Å². The zero-order chi connectivity index (χ0) is 15.2. The molecule has 0 radical (unpaired) electrons. The molecule has 2 aromatic carbocycles. The van der Waals surface area contributed by atoms with Gasteiger partial charge in [0.2, 0.25) is 5.91 Å². The molecule has 0 spiro atoms. The molecule has 0 aliphatic carbocycles. The van der Waals surface area contributed by atoms with Gasteiger partial charge in [0.1, 0.15) is 11.6 Å². The number of rotatable bonds is 5. The van der Waals surface area contributed by atoms with Gasteiger partial charge >= 0.3 is 0 Å². The van der Waals surface area contributed by atoms with Gasteiger partial charge in [-0.1, -0.05) is 23.7 Å². The number of nitrogens with one attached hydrogen (secondary N) is 1. The third-order valence-electron chi connectivity index (χ3n) is 2.59. The number of benzene rings is 2. The van der Waals surface area contributed by atoms with Crippen molar-refractivity contribution in [3.63, 3.8) is 0 Å². The van der Waals surface area contributed by atoms with Crippen LogP contribution in [0.4, 0.5) is 14.5 Å². The van der Waals surface area contributed by atoms with E-state index in [2.05, 4.69) is 5.32 Å². The maximum atomic E-state index is 13.0. The van der Waals surface area contributed by atoms with E-state index in [1.54, 1.807) is 12.1 Å². The lowest BCUT2D eigenvalue weighted by atomic mass is 10.2. The molecule has 1 amide bonds. The van der Waals surface area contributed by atoms with Gasteiger partial charge in [0, 0.05) is 11.4 Å². The average Bonchev–Trinajstić information content (AvgIpc) is 2.43. The molecule has 0 aromatic heterocycles. The molecule has 0 heterocycles. The summed E-state index contributed by atoms with van der Waals surface area (Å²) in [6.07, 6.45) is 0. The van der Waals surface area contributed by atoms with E-state index >= 15 is 0 Å². The van der Waals surface area contributed by atoms with Gasteiger partial charge in [0.05, 0.1) is 10.8 Å². The zero-order valence-electron chi connectivity index (χ0n) is 10.9. The quantitative estimate of drug-likeness (QED) is 0.876. The van der Waals surface area contributed by atoms with E-state index in [9.17, 15) is 13.6 Å². The second-order valence-electron chi connectivity index (χ2n) is 4.30. The standard InChI is InChI=1S/C15H12ClF2NOS/c16-13-7-12(4-5-14(13)18)19-15(20)9-21-8-10-2-1-3-11(17)6-10/h1-7H,8-9H2,(H,19,20). The van der Waals surface area contributed by atoms with Gasteiger partial charge in [-0.3, -0.25) is 4.79 Å². The van der Waals surface area contributed by atoms with Crippen LogP contribution in [-0.4, -0.2) is 11.7 Å². The van der Waals surface area contributed by atoms with Crippen LogP contribution < -0.4 is 5.32 Å². The van der Waals surface area contributed by atoms with Crippen molar-refractivity contribution in [2.75, 3.05) is 11.1 Å². The van der Waals surface area contributed by atoms with Crippen molar-refractivity contribution in [3.05, 3.63) is 64.7 Å². The molecule has 0 saturated heterocycles. The number of hydrogen-bond donors (Lipinski definition) is 1. The van der Waals surface area contributed by atoms with Crippen molar-refractivity contribution >= 4 is 35.0 Å². The summed E-state index contributed by atoms with van der Waals surface area (Å²) in [5.41, 5.74) is 1.26. The summed E-state index contributed by atoms with van der Waals surface area (Å²) in [6, 6.07) is 10.2. The highest BCUT2D eigenvalue weighted by molar-refractivity contribution is 7.99. The van der Waals surface area contributed by atoms with E-state index in [-0.39, 0.29) is 22.5 Å². The normalized spacial score (nSPS) is 10.4. The first-order valence-corrected chi connectivity index (χ1v) is 7.65. The second-order valence-corrected chi connectivity index (χ2v) is 5.69. The van der Waals surface area contributed by atoms with Crippen LogP contribution in [0.25, 0.3) is 0 Å². The van der Waals surface area contributed by atoms with Crippen LogP contribution in [0.2, 0.25) is 5.02 Å². The number of carbonyl (C=O) groups is 1. The number of anilines is 1. The van der Waals surface area contributed by atoms with Crippen LogP contribution in [-0.2, 0) is 10.5 Å². The molecule has 0 bridgehead atoms. The Labute approximate surface area is 130 Å². The van der Waals surface area contributed by atoms with Crippen LogP contribution in [0.1, 0.15) is 5.56 Å². The van der Waals surface area contributed by atoms with Gasteiger partial charge < -0.3 is 5.32 Å². The number of halogens is 3. The Hall–Kier alpha value is -1.59. The fourth-order valence-corrected chi connectivity index (χ4v) is 2.61. The van der Waals surface area contributed by atoms with Crippen LogP contribution in [0.5, 0.6) is 0 Å². The lowest BCUT2D eigenvalue weighted by molar-refractivity contribution is -0.113. The van der Waals surface area contributed by atoms with Crippen molar-refractivity contribution in [2.24, 2.45) is 0 Å². The number of hydrogen-bond acceptors (Lipinski definition) is 2. The highest BCUT2D eigenvalue weighted by atomic mass is 35.5. The Balaban J connectivity index is 1.81. The molecule has 0 unspecified atom stereocenters. The minimum atomic E-state index is -0.532. The van der Waals surface area contributed by atoms with Gasteiger partial charge in [-0.25, -0.2) is 8.78 Å². The molecule has 6 heteroatoms. The molecule has 2 nitrogen and oxygen atoms in total. The first-order chi connectivity index (χ1) is 10.0. The van der Waals surface area contributed by atoms with Gasteiger partial charge in [-0.15, -0.1) is 11.8 Å². The Bertz CT molecular complexity index is 651. The smallest absolute Gasteiger partial charge is 0.234 e. The lowest BCUT2D eigenvalue weighted by Crippen LogP contribution is -2.14. The van der Waals surface area contributed by atoms with Crippen molar-refractivity contribution < 1.29 is 13.6 Å². The third-order valence-corrected chi connectivity index (χ3v) is 3.89. The van der Waals surface area contributed by atoms with Crippen molar-refractivity contribution in [3.8, 4) is 0 Å². The summed E-state index contributed by atoms with van der Waals surface area (Å²) in [4.78, 5) is 11.7. The maximum Gasteiger partial charge on any atom is 0.234 e. The summed E-state index contributed by atoms with van der Waals surface area (Å²) < 4.78 is 26.0.